The molecule has 0 unspecified atom stereocenters. The van der Waals surface area contributed by atoms with E-state index in [1.807, 2.05) is 17.5 Å². The highest BCUT2D eigenvalue weighted by molar-refractivity contribution is 9.11. The van der Waals surface area contributed by atoms with Crippen LogP contribution in [0.3, 0.4) is 0 Å². The molecule has 0 spiro atoms. The summed E-state index contributed by atoms with van der Waals surface area (Å²) >= 11 is 9.08. The molecule has 0 N–H and O–H groups in total. The standard InChI is InChI=1S/C6H3BrF2OS.C4H3BrS.C4H6F2O2.2CH4/c7-4-2-1-3(11-4)5(10)6(8)9;5-4-2-1-3-6-4;1-2-8-4(7)3(5)6;;/h1-2,6H;1-3H;3H,2H2,1H3;2*1H4. The molecule has 3 nitrogen and oxygen atoms in total. The molecule has 2 aromatic rings. The van der Waals surface area contributed by atoms with E-state index in [4.69, 9.17) is 0 Å². The number of esters is 1. The number of thiophene rings is 2. The normalized spacial score (nSPS) is 9.07. The van der Waals surface area contributed by atoms with Gasteiger partial charge < -0.3 is 4.74 Å². The quantitative estimate of drug-likeness (QED) is 0.220. The molecule has 0 saturated heterocycles. The summed E-state index contributed by atoms with van der Waals surface area (Å²) in [6.45, 7) is 1.48. The third kappa shape index (κ3) is 14.9. The van der Waals surface area contributed by atoms with E-state index < -0.39 is 24.6 Å². The van der Waals surface area contributed by atoms with Gasteiger partial charge in [0.1, 0.15) is 0 Å². The number of alkyl halides is 4. The average Bonchev–Trinajstić information content (AvgIpc) is 3.19. The zero-order valence-corrected chi connectivity index (χ0v) is 17.4. The summed E-state index contributed by atoms with van der Waals surface area (Å²) in [5.74, 6) is -2.56. The summed E-state index contributed by atoms with van der Waals surface area (Å²) < 4.78 is 51.6. The number of carbonyl (C=O) groups excluding carboxylic acids is 2. The van der Waals surface area contributed by atoms with Gasteiger partial charge >= 0.3 is 18.8 Å². The number of hydrogen-bond acceptors (Lipinski definition) is 5. The van der Waals surface area contributed by atoms with E-state index in [9.17, 15) is 27.2 Å². The topological polar surface area (TPSA) is 43.4 Å². The number of ether oxygens (including phenoxy) is 1. The Morgan fingerprint density at radius 3 is 1.85 bits per heavy atom. The largest absolute Gasteiger partial charge is 0.462 e. The Balaban J connectivity index is -0.000000322. The fourth-order valence-corrected chi connectivity index (χ4v) is 3.27. The zero-order chi connectivity index (χ0) is 19.4. The van der Waals surface area contributed by atoms with Crippen molar-refractivity contribution in [3.05, 3.63) is 42.1 Å². The third-order valence-corrected chi connectivity index (χ3v) is 5.08. The van der Waals surface area contributed by atoms with Crippen LogP contribution in [0, 0.1) is 0 Å². The number of ketones is 1. The molecule has 2 rings (SSSR count). The van der Waals surface area contributed by atoms with Crippen LogP contribution in [0.25, 0.3) is 0 Å². The van der Waals surface area contributed by atoms with Crippen molar-refractivity contribution in [2.24, 2.45) is 0 Å². The highest BCUT2D eigenvalue weighted by atomic mass is 79.9. The summed E-state index contributed by atoms with van der Waals surface area (Å²) in [4.78, 5) is 20.5. The molecule has 0 amide bonds. The van der Waals surface area contributed by atoms with Crippen LogP contribution >= 0.6 is 54.5 Å². The summed E-state index contributed by atoms with van der Waals surface area (Å²) in [5.41, 5.74) is 0. The van der Waals surface area contributed by atoms with Crippen molar-refractivity contribution in [2.75, 3.05) is 6.61 Å². The first-order valence-corrected chi connectivity index (χ1v) is 9.68. The summed E-state index contributed by atoms with van der Waals surface area (Å²) in [6, 6.07) is 6.98. The molecule has 11 heteroatoms. The van der Waals surface area contributed by atoms with Gasteiger partial charge in [-0.1, -0.05) is 20.9 Å². The lowest BCUT2D eigenvalue weighted by atomic mass is 10.3. The lowest BCUT2D eigenvalue weighted by Gasteiger charge is -1.96. The van der Waals surface area contributed by atoms with Crippen LogP contribution in [0.4, 0.5) is 17.6 Å². The molecule has 0 aliphatic carbocycles. The molecule has 0 radical (unpaired) electrons. The monoisotopic (exact) mass is 558 g/mol. The first kappa shape index (κ1) is 30.9. The van der Waals surface area contributed by atoms with Gasteiger partial charge in [-0.25, -0.2) is 13.6 Å². The van der Waals surface area contributed by atoms with Crippen molar-refractivity contribution in [1.82, 2.24) is 0 Å². The van der Waals surface area contributed by atoms with Gasteiger partial charge in [0.2, 0.25) is 5.78 Å². The van der Waals surface area contributed by atoms with Crippen LogP contribution < -0.4 is 0 Å². The second-order valence-electron chi connectivity index (χ2n) is 3.74. The Labute approximate surface area is 181 Å². The van der Waals surface area contributed by atoms with Gasteiger partial charge in [-0.05, 0) is 62.4 Å². The van der Waals surface area contributed by atoms with E-state index in [2.05, 4.69) is 36.6 Å². The molecular weight excluding hydrogens is 540 g/mol. The van der Waals surface area contributed by atoms with Crippen molar-refractivity contribution in [1.29, 1.82) is 0 Å². The van der Waals surface area contributed by atoms with E-state index in [0.29, 0.717) is 3.79 Å². The molecular formula is C16H20Br2F4O3S2. The Morgan fingerprint density at radius 2 is 1.63 bits per heavy atom. The van der Waals surface area contributed by atoms with Gasteiger partial charge in [-0.3, -0.25) is 4.79 Å². The van der Waals surface area contributed by atoms with Crippen molar-refractivity contribution in [3.63, 3.8) is 0 Å². The highest BCUT2D eigenvalue weighted by Crippen LogP contribution is 2.23. The number of Topliss-reactive ketones (excluding diaryl/α,β-unsaturated/α-hetero) is 1. The van der Waals surface area contributed by atoms with Crippen LogP contribution in [0.1, 0.15) is 31.4 Å². The predicted octanol–water partition coefficient (Wildman–Crippen LogP) is 7.56. The number of hydrogen-bond donors (Lipinski definition) is 0. The van der Waals surface area contributed by atoms with Gasteiger partial charge in [0, 0.05) is 0 Å². The van der Waals surface area contributed by atoms with E-state index >= 15 is 0 Å². The van der Waals surface area contributed by atoms with E-state index in [-0.39, 0.29) is 26.3 Å². The minimum Gasteiger partial charge on any atom is -0.462 e. The number of halogens is 6. The molecule has 0 saturated carbocycles. The van der Waals surface area contributed by atoms with Crippen molar-refractivity contribution >= 4 is 66.3 Å². The van der Waals surface area contributed by atoms with Gasteiger partial charge in [0.25, 0.3) is 0 Å². The minimum absolute atomic E-state index is 0. The van der Waals surface area contributed by atoms with Crippen molar-refractivity contribution in [3.8, 4) is 0 Å². The molecule has 0 aromatic carbocycles. The smallest absolute Gasteiger partial charge is 0.373 e. The SMILES string of the molecule is Brc1cccs1.C.C.CCOC(=O)C(F)F.O=C(c1ccc(Br)s1)C(F)F. The van der Waals surface area contributed by atoms with Gasteiger partial charge in [-0.2, -0.15) is 8.78 Å². The van der Waals surface area contributed by atoms with Gasteiger partial charge in [0.05, 0.1) is 19.1 Å². The lowest BCUT2D eigenvalue weighted by molar-refractivity contribution is -0.155. The molecule has 0 atom stereocenters. The van der Waals surface area contributed by atoms with Crippen LogP contribution in [-0.4, -0.2) is 31.2 Å². The molecule has 2 heterocycles. The van der Waals surface area contributed by atoms with Crippen LogP contribution in [0.2, 0.25) is 0 Å². The summed E-state index contributed by atoms with van der Waals surface area (Å²) in [5, 5.41) is 2.03. The minimum atomic E-state index is -2.99. The van der Waals surface area contributed by atoms with Crippen molar-refractivity contribution < 1.29 is 31.9 Å². The van der Waals surface area contributed by atoms with E-state index in [1.54, 1.807) is 17.4 Å². The van der Waals surface area contributed by atoms with Crippen LogP contribution in [-0.2, 0) is 9.53 Å². The van der Waals surface area contributed by atoms with E-state index in [1.165, 1.54) is 16.8 Å². The maximum atomic E-state index is 11.8. The Kier molecular flexibility index (Phi) is 19.9. The third-order valence-electron chi connectivity index (χ3n) is 1.97. The fourth-order valence-electron chi connectivity index (χ4n) is 1.02. The second kappa shape index (κ2) is 17.3. The highest BCUT2D eigenvalue weighted by Gasteiger charge is 2.19. The number of rotatable bonds is 4. The molecule has 2 aromatic heterocycles. The zero-order valence-electron chi connectivity index (χ0n) is 12.6. The molecule has 0 bridgehead atoms. The number of carbonyl (C=O) groups is 2. The Bertz CT molecular complexity index is 635. The molecule has 0 aliphatic heterocycles. The Hall–Kier alpha value is -0.780. The maximum absolute atomic E-state index is 11.8. The van der Waals surface area contributed by atoms with E-state index in [0.717, 1.165) is 11.3 Å². The fraction of sp³-hybridized carbons (Fsp3) is 0.375. The average molecular weight is 560 g/mol. The molecule has 0 aliphatic rings. The maximum Gasteiger partial charge on any atom is 0.373 e. The lowest BCUT2D eigenvalue weighted by Crippen LogP contribution is -2.13. The van der Waals surface area contributed by atoms with Crippen LogP contribution in [0.15, 0.2) is 37.2 Å². The Morgan fingerprint density at radius 1 is 1.04 bits per heavy atom. The molecule has 156 valence electrons. The first-order valence-electron chi connectivity index (χ1n) is 6.40. The van der Waals surface area contributed by atoms with Crippen molar-refractivity contribution in [2.45, 2.75) is 34.6 Å². The predicted molar refractivity (Wildman–Crippen MR) is 110 cm³/mol. The summed E-state index contributed by atoms with van der Waals surface area (Å²) in [6.07, 6.45) is -5.89. The summed E-state index contributed by atoms with van der Waals surface area (Å²) in [7, 11) is 0. The molecule has 0 fully saturated rings. The molecule has 27 heavy (non-hydrogen) atoms. The van der Waals surface area contributed by atoms with Gasteiger partial charge in [-0.15, -0.1) is 22.7 Å². The first-order chi connectivity index (χ1) is 11.7. The second-order valence-corrected chi connectivity index (χ2v) is 8.53. The van der Waals surface area contributed by atoms with Crippen LogP contribution in [0.5, 0.6) is 0 Å². The van der Waals surface area contributed by atoms with Gasteiger partial charge in [0.15, 0.2) is 0 Å².